The lowest BCUT2D eigenvalue weighted by molar-refractivity contribution is 0.414. The first-order valence-corrected chi connectivity index (χ1v) is 8.89. The summed E-state index contributed by atoms with van der Waals surface area (Å²) >= 11 is 1.71. The largest absolute Gasteiger partial charge is 0.497 e. The van der Waals surface area contributed by atoms with Gasteiger partial charge in [-0.1, -0.05) is 12.1 Å². The third-order valence-electron chi connectivity index (χ3n) is 4.29. The molecule has 0 spiro atoms. The van der Waals surface area contributed by atoms with Crippen LogP contribution in [0.25, 0.3) is 22.2 Å². The lowest BCUT2D eigenvalue weighted by Gasteiger charge is -2.05. The molecule has 0 aliphatic carbocycles. The van der Waals surface area contributed by atoms with Crippen LogP contribution in [0.15, 0.2) is 59.6 Å². The molecule has 0 aliphatic heterocycles. The van der Waals surface area contributed by atoms with Gasteiger partial charge in [-0.25, -0.2) is 4.98 Å². The number of aryl methyl sites for hydroxylation is 2. The van der Waals surface area contributed by atoms with Crippen LogP contribution in [-0.4, -0.2) is 17.1 Å². The van der Waals surface area contributed by atoms with Crippen molar-refractivity contribution in [3.63, 3.8) is 0 Å². The minimum Gasteiger partial charge on any atom is -0.497 e. The number of hydrogen-bond acceptors (Lipinski definition) is 3. The van der Waals surface area contributed by atoms with Gasteiger partial charge in [0.1, 0.15) is 11.4 Å². The van der Waals surface area contributed by atoms with E-state index < -0.39 is 0 Å². The maximum Gasteiger partial charge on any atom is 0.137 e. The van der Waals surface area contributed by atoms with Crippen molar-refractivity contribution in [3.8, 4) is 16.9 Å². The first-order valence-electron chi connectivity index (χ1n) is 7.95. The average molecular weight is 334 g/mol. The van der Waals surface area contributed by atoms with Crippen molar-refractivity contribution in [2.45, 2.75) is 12.8 Å². The number of rotatable bonds is 5. The molecule has 0 saturated heterocycles. The van der Waals surface area contributed by atoms with E-state index in [2.05, 4.69) is 51.2 Å². The number of H-pyrrole nitrogens is 1. The van der Waals surface area contributed by atoms with Crippen LogP contribution in [-0.2, 0) is 12.8 Å². The maximum atomic E-state index is 5.30. The van der Waals surface area contributed by atoms with Crippen molar-refractivity contribution in [2.75, 3.05) is 7.11 Å². The Hall–Kier alpha value is -2.59. The van der Waals surface area contributed by atoms with E-state index >= 15 is 0 Å². The van der Waals surface area contributed by atoms with Crippen LogP contribution in [0.1, 0.15) is 11.1 Å². The molecule has 1 N–H and O–H groups in total. The average Bonchev–Trinajstić information content (AvgIpc) is 3.29. The molecule has 0 fully saturated rings. The van der Waals surface area contributed by atoms with Crippen molar-refractivity contribution in [1.29, 1.82) is 0 Å². The van der Waals surface area contributed by atoms with E-state index in [-0.39, 0.29) is 0 Å². The fraction of sp³-hybridized carbons (Fsp3) is 0.150. The summed E-state index contributed by atoms with van der Waals surface area (Å²) in [6.07, 6.45) is 5.97. The smallest absolute Gasteiger partial charge is 0.137 e. The van der Waals surface area contributed by atoms with Crippen LogP contribution < -0.4 is 4.74 Å². The van der Waals surface area contributed by atoms with E-state index in [0.29, 0.717) is 0 Å². The Balaban J connectivity index is 1.60. The zero-order valence-corrected chi connectivity index (χ0v) is 14.3. The van der Waals surface area contributed by atoms with Gasteiger partial charge in [-0.15, -0.1) is 0 Å². The van der Waals surface area contributed by atoms with Gasteiger partial charge in [0.15, 0.2) is 0 Å². The molecule has 0 saturated carbocycles. The van der Waals surface area contributed by atoms with Crippen molar-refractivity contribution in [2.24, 2.45) is 0 Å². The summed E-state index contributed by atoms with van der Waals surface area (Å²) in [4.78, 5) is 7.86. The van der Waals surface area contributed by atoms with E-state index in [1.807, 2.05) is 18.3 Å². The molecule has 0 atom stereocenters. The molecule has 4 heteroatoms. The summed E-state index contributed by atoms with van der Waals surface area (Å²) in [6.45, 7) is 0. The van der Waals surface area contributed by atoms with E-state index in [4.69, 9.17) is 4.74 Å². The molecule has 4 aromatic rings. The Morgan fingerprint density at radius 2 is 2.08 bits per heavy atom. The molecule has 3 heterocycles. The molecule has 4 rings (SSSR count). The summed E-state index contributed by atoms with van der Waals surface area (Å²) in [5.74, 6) is 0.910. The highest BCUT2D eigenvalue weighted by atomic mass is 32.1. The van der Waals surface area contributed by atoms with Gasteiger partial charge in [-0.05, 0) is 64.6 Å². The Kier molecular flexibility index (Phi) is 4.05. The van der Waals surface area contributed by atoms with Gasteiger partial charge in [0.25, 0.3) is 0 Å². The van der Waals surface area contributed by atoms with Gasteiger partial charge in [-0.2, -0.15) is 11.3 Å². The van der Waals surface area contributed by atoms with Crippen molar-refractivity contribution in [1.82, 2.24) is 9.97 Å². The first-order chi connectivity index (χ1) is 11.8. The molecule has 1 aromatic carbocycles. The summed E-state index contributed by atoms with van der Waals surface area (Å²) < 4.78 is 5.30. The predicted molar refractivity (Wildman–Crippen MR) is 99.8 cm³/mol. The number of benzene rings is 1. The molecular weight excluding hydrogens is 316 g/mol. The van der Waals surface area contributed by atoms with Crippen molar-refractivity contribution < 1.29 is 4.74 Å². The van der Waals surface area contributed by atoms with Crippen molar-refractivity contribution >= 4 is 22.4 Å². The summed E-state index contributed by atoms with van der Waals surface area (Å²) in [6, 6.07) is 12.6. The van der Waals surface area contributed by atoms with Crippen LogP contribution in [0.5, 0.6) is 5.75 Å². The van der Waals surface area contributed by atoms with E-state index in [0.717, 1.165) is 24.2 Å². The zero-order chi connectivity index (χ0) is 16.4. The van der Waals surface area contributed by atoms with Gasteiger partial charge in [0.2, 0.25) is 0 Å². The van der Waals surface area contributed by atoms with Crippen LogP contribution >= 0.6 is 11.3 Å². The summed E-state index contributed by atoms with van der Waals surface area (Å²) in [5, 5.41) is 5.47. The minimum absolute atomic E-state index is 0.910. The van der Waals surface area contributed by atoms with Gasteiger partial charge < -0.3 is 9.72 Å². The quantitative estimate of drug-likeness (QED) is 0.552. The number of aromatic nitrogens is 2. The van der Waals surface area contributed by atoms with Crippen LogP contribution in [0, 0.1) is 0 Å². The van der Waals surface area contributed by atoms with Gasteiger partial charge in [0, 0.05) is 23.3 Å². The highest BCUT2D eigenvalue weighted by Gasteiger charge is 2.08. The Labute approximate surface area is 145 Å². The second-order valence-electron chi connectivity index (χ2n) is 5.80. The summed E-state index contributed by atoms with van der Waals surface area (Å²) in [7, 11) is 1.70. The van der Waals surface area contributed by atoms with Crippen molar-refractivity contribution in [3.05, 3.63) is 70.7 Å². The van der Waals surface area contributed by atoms with E-state index in [1.54, 1.807) is 18.4 Å². The molecule has 120 valence electrons. The molecule has 0 unspecified atom stereocenters. The lowest BCUT2D eigenvalue weighted by atomic mass is 10.0. The van der Waals surface area contributed by atoms with Gasteiger partial charge >= 0.3 is 0 Å². The van der Waals surface area contributed by atoms with Crippen LogP contribution in [0.2, 0.25) is 0 Å². The number of pyridine rings is 1. The normalized spacial score (nSPS) is 11.0. The SMILES string of the molecule is COc1cccc(CCc2c[nH]c3ncc(-c4ccsc4)cc23)c1. The molecule has 3 aromatic heterocycles. The second kappa shape index (κ2) is 6.49. The standard InChI is InChI=1S/C20H18N2OS/c1-23-18-4-2-3-14(9-18)5-6-15-11-21-20-19(15)10-17(12-22-20)16-7-8-24-13-16/h2-4,7-13H,5-6H2,1H3,(H,21,22). The fourth-order valence-corrected chi connectivity index (χ4v) is 3.62. The Morgan fingerprint density at radius 3 is 2.92 bits per heavy atom. The third-order valence-corrected chi connectivity index (χ3v) is 4.97. The third kappa shape index (κ3) is 2.93. The highest BCUT2D eigenvalue weighted by molar-refractivity contribution is 7.08. The number of aromatic amines is 1. The number of methoxy groups -OCH3 is 1. The molecular formula is C20H18N2OS. The molecule has 0 radical (unpaired) electrons. The Bertz CT molecular complexity index is 957. The number of thiophene rings is 1. The van der Waals surface area contributed by atoms with Crippen LogP contribution in [0.3, 0.4) is 0 Å². The first kappa shape index (κ1) is 15.0. The summed E-state index contributed by atoms with van der Waals surface area (Å²) in [5.41, 5.74) is 5.94. The number of ether oxygens (including phenoxy) is 1. The predicted octanol–water partition coefficient (Wildman–Crippen LogP) is 5.09. The number of nitrogens with one attached hydrogen (secondary N) is 1. The highest BCUT2D eigenvalue weighted by Crippen LogP contribution is 2.27. The topological polar surface area (TPSA) is 37.9 Å². The fourth-order valence-electron chi connectivity index (χ4n) is 2.96. The minimum atomic E-state index is 0.910. The monoisotopic (exact) mass is 334 g/mol. The second-order valence-corrected chi connectivity index (χ2v) is 6.58. The van der Waals surface area contributed by atoms with E-state index in [1.165, 1.54) is 27.6 Å². The zero-order valence-electron chi connectivity index (χ0n) is 13.5. The van der Waals surface area contributed by atoms with Gasteiger partial charge in [0.05, 0.1) is 7.11 Å². The van der Waals surface area contributed by atoms with Gasteiger partial charge in [-0.3, -0.25) is 0 Å². The molecule has 3 nitrogen and oxygen atoms in total. The Morgan fingerprint density at radius 1 is 1.12 bits per heavy atom. The molecule has 0 bridgehead atoms. The van der Waals surface area contributed by atoms with E-state index in [9.17, 15) is 0 Å². The molecule has 24 heavy (non-hydrogen) atoms. The molecule has 0 amide bonds. The lowest BCUT2D eigenvalue weighted by Crippen LogP contribution is -1.92. The molecule has 0 aliphatic rings. The maximum absolute atomic E-state index is 5.30. The van der Waals surface area contributed by atoms with Crippen LogP contribution in [0.4, 0.5) is 0 Å². The number of fused-ring (bicyclic) bond motifs is 1. The number of nitrogens with zero attached hydrogens (tertiary/aromatic N) is 1. The number of hydrogen-bond donors (Lipinski definition) is 1.